The largest absolute Gasteiger partial charge is 0.493 e. The molecular formula is C22H29N3O5. The number of ether oxygens (including phenoxy) is 3. The maximum absolute atomic E-state index is 12.3. The standard InChI is InChI=1S/C22H29N3O5/c1-15-6-8-16(9-7-15)23-21(27)14-25(2)11-10-20(26)24-17-12-18(28-3)22(30-5)19(13-17)29-4/h6-9,12-13H,10-11,14H2,1-5H3,(H,23,27)(H,24,26). The van der Waals surface area contributed by atoms with Gasteiger partial charge in [0, 0.05) is 36.5 Å². The third kappa shape index (κ3) is 6.66. The van der Waals surface area contributed by atoms with Gasteiger partial charge in [-0.05, 0) is 26.1 Å². The molecule has 0 radical (unpaired) electrons. The number of nitrogens with zero attached hydrogens (tertiary/aromatic N) is 1. The van der Waals surface area contributed by atoms with E-state index in [9.17, 15) is 9.59 Å². The van der Waals surface area contributed by atoms with E-state index in [1.165, 1.54) is 21.3 Å². The van der Waals surface area contributed by atoms with Gasteiger partial charge in [-0.2, -0.15) is 0 Å². The minimum absolute atomic E-state index is 0.133. The summed E-state index contributed by atoms with van der Waals surface area (Å²) in [5.41, 5.74) is 2.41. The van der Waals surface area contributed by atoms with Gasteiger partial charge in [0.1, 0.15) is 0 Å². The summed E-state index contributed by atoms with van der Waals surface area (Å²) in [6.07, 6.45) is 0.227. The molecule has 0 bridgehead atoms. The Morgan fingerprint density at radius 1 is 0.867 bits per heavy atom. The summed E-state index contributed by atoms with van der Waals surface area (Å²) in [7, 11) is 6.34. The summed E-state index contributed by atoms with van der Waals surface area (Å²) in [6.45, 7) is 2.60. The van der Waals surface area contributed by atoms with E-state index in [0.717, 1.165) is 11.3 Å². The van der Waals surface area contributed by atoms with Crippen LogP contribution in [-0.2, 0) is 9.59 Å². The first-order valence-electron chi connectivity index (χ1n) is 9.51. The summed E-state index contributed by atoms with van der Waals surface area (Å²) in [5.74, 6) is 1.05. The Kier molecular flexibility index (Phi) is 8.49. The van der Waals surface area contributed by atoms with E-state index < -0.39 is 0 Å². The number of amides is 2. The van der Waals surface area contributed by atoms with Crippen LogP contribution in [0.15, 0.2) is 36.4 Å². The van der Waals surface area contributed by atoms with E-state index >= 15 is 0 Å². The number of nitrogens with one attached hydrogen (secondary N) is 2. The van der Waals surface area contributed by atoms with Crippen molar-refractivity contribution in [3.8, 4) is 17.2 Å². The number of carbonyl (C=O) groups excluding carboxylic acids is 2. The zero-order valence-electron chi connectivity index (χ0n) is 18.1. The molecule has 2 rings (SSSR count). The zero-order chi connectivity index (χ0) is 22.1. The van der Waals surface area contributed by atoms with Crippen molar-refractivity contribution >= 4 is 23.2 Å². The van der Waals surface area contributed by atoms with Crippen LogP contribution in [0, 0.1) is 6.92 Å². The summed E-state index contributed by atoms with van der Waals surface area (Å²) < 4.78 is 15.9. The molecule has 0 aliphatic carbocycles. The fraction of sp³-hybridized carbons (Fsp3) is 0.364. The fourth-order valence-electron chi connectivity index (χ4n) is 2.83. The summed E-state index contributed by atoms with van der Waals surface area (Å²) >= 11 is 0. The van der Waals surface area contributed by atoms with Crippen molar-refractivity contribution in [3.05, 3.63) is 42.0 Å². The highest BCUT2D eigenvalue weighted by Gasteiger charge is 2.15. The maximum Gasteiger partial charge on any atom is 0.238 e. The summed E-state index contributed by atoms with van der Waals surface area (Å²) in [4.78, 5) is 26.3. The lowest BCUT2D eigenvalue weighted by Crippen LogP contribution is -2.32. The second-order valence-corrected chi connectivity index (χ2v) is 6.86. The molecule has 0 aliphatic heterocycles. The van der Waals surface area contributed by atoms with Gasteiger partial charge in [-0.15, -0.1) is 0 Å². The van der Waals surface area contributed by atoms with Crippen molar-refractivity contribution in [3.63, 3.8) is 0 Å². The van der Waals surface area contributed by atoms with Gasteiger partial charge in [-0.1, -0.05) is 17.7 Å². The number of anilines is 2. The lowest BCUT2D eigenvalue weighted by Gasteiger charge is -2.17. The lowest BCUT2D eigenvalue weighted by molar-refractivity contribution is -0.119. The molecule has 0 aliphatic rings. The summed E-state index contributed by atoms with van der Waals surface area (Å²) in [5, 5.41) is 5.66. The van der Waals surface area contributed by atoms with Gasteiger partial charge in [0.05, 0.1) is 27.9 Å². The number of carbonyl (C=O) groups is 2. The van der Waals surface area contributed by atoms with Crippen LogP contribution in [0.2, 0.25) is 0 Å². The molecule has 2 amide bonds. The first-order chi connectivity index (χ1) is 14.4. The van der Waals surface area contributed by atoms with Crippen molar-refractivity contribution in [2.24, 2.45) is 0 Å². The van der Waals surface area contributed by atoms with Crippen LogP contribution >= 0.6 is 0 Å². The zero-order valence-corrected chi connectivity index (χ0v) is 18.1. The highest BCUT2D eigenvalue weighted by molar-refractivity contribution is 5.93. The molecule has 162 valence electrons. The second-order valence-electron chi connectivity index (χ2n) is 6.86. The van der Waals surface area contributed by atoms with Crippen LogP contribution in [0.4, 0.5) is 11.4 Å². The molecule has 0 heterocycles. The van der Waals surface area contributed by atoms with Crippen LogP contribution in [0.5, 0.6) is 17.2 Å². The quantitative estimate of drug-likeness (QED) is 0.620. The van der Waals surface area contributed by atoms with E-state index in [0.29, 0.717) is 29.5 Å². The molecule has 2 aromatic rings. The first kappa shape index (κ1) is 23.0. The molecule has 0 unspecified atom stereocenters. The van der Waals surface area contributed by atoms with E-state index in [4.69, 9.17) is 14.2 Å². The molecule has 0 saturated carbocycles. The van der Waals surface area contributed by atoms with Crippen molar-refractivity contribution in [2.45, 2.75) is 13.3 Å². The molecule has 0 aromatic heterocycles. The highest BCUT2D eigenvalue weighted by Crippen LogP contribution is 2.39. The lowest BCUT2D eigenvalue weighted by atomic mass is 10.2. The Morgan fingerprint density at radius 2 is 1.43 bits per heavy atom. The molecule has 0 saturated heterocycles. The van der Waals surface area contributed by atoms with Crippen LogP contribution < -0.4 is 24.8 Å². The first-order valence-corrected chi connectivity index (χ1v) is 9.51. The van der Waals surface area contributed by atoms with Crippen LogP contribution in [0.3, 0.4) is 0 Å². The number of rotatable bonds is 10. The minimum Gasteiger partial charge on any atom is -0.493 e. The van der Waals surface area contributed by atoms with Gasteiger partial charge in [-0.25, -0.2) is 0 Å². The fourth-order valence-corrected chi connectivity index (χ4v) is 2.83. The van der Waals surface area contributed by atoms with Gasteiger partial charge in [0.15, 0.2) is 11.5 Å². The topological polar surface area (TPSA) is 89.1 Å². The molecule has 2 aromatic carbocycles. The molecule has 30 heavy (non-hydrogen) atoms. The van der Waals surface area contributed by atoms with Crippen LogP contribution in [0.25, 0.3) is 0 Å². The Labute approximate surface area is 177 Å². The Hall–Kier alpha value is -3.26. The van der Waals surface area contributed by atoms with Crippen molar-refractivity contribution < 1.29 is 23.8 Å². The Morgan fingerprint density at radius 3 is 1.97 bits per heavy atom. The third-order valence-corrected chi connectivity index (χ3v) is 4.42. The van der Waals surface area contributed by atoms with Gasteiger partial charge in [-0.3, -0.25) is 14.5 Å². The average Bonchev–Trinajstić information content (AvgIpc) is 2.73. The van der Waals surface area contributed by atoms with Crippen LogP contribution in [0.1, 0.15) is 12.0 Å². The monoisotopic (exact) mass is 415 g/mol. The van der Waals surface area contributed by atoms with E-state index in [1.807, 2.05) is 31.2 Å². The van der Waals surface area contributed by atoms with Crippen molar-refractivity contribution in [2.75, 3.05) is 52.1 Å². The van der Waals surface area contributed by atoms with E-state index in [-0.39, 0.29) is 24.8 Å². The molecule has 0 atom stereocenters. The molecule has 8 nitrogen and oxygen atoms in total. The van der Waals surface area contributed by atoms with E-state index in [1.54, 1.807) is 24.1 Å². The number of hydrogen-bond donors (Lipinski definition) is 2. The van der Waals surface area contributed by atoms with Gasteiger partial charge < -0.3 is 24.8 Å². The smallest absolute Gasteiger partial charge is 0.238 e. The summed E-state index contributed by atoms with van der Waals surface area (Å²) in [6, 6.07) is 10.9. The number of likely N-dealkylation sites (N-methyl/N-ethyl adjacent to an activating group) is 1. The average molecular weight is 415 g/mol. The minimum atomic E-state index is -0.185. The maximum atomic E-state index is 12.3. The Balaban J connectivity index is 1.85. The van der Waals surface area contributed by atoms with Crippen molar-refractivity contribution in [1.29, 1.82) is 0 Å². The second kappa shape index (κ2) is 11.1. The molecular weight excluding hydrogens is 386 g/mol. The van der Waals surface area contributed by atoms with Crippen molar-refractivity contribution in [1.82, 2.24) is 4.90 Å². The third-order valence-electron chi connectivity index (χ3n) is 4.42. The predicted molar refractivity (Wildman–Crippen MR) is 117 cm³/mol. The number of methoxy groups -OCH3 is 3. The molecule has 0 spiro atoms. The number of hydrogen-bond acceptors (Lipinski definition) is 6. The Bertz CT molecular complexity index is 843. The predicted octanol–water partition coefficient (Wildman–Crippen LogP) is 2.92. The van der Waals surface area contributed by atoms with Gasteiger partial charge in [0.2, 0.25) is 17.6 Å². The number of benzene rings is 2. The van der Waals surface area contributed by atoms with Gasteiger partial charge in [0.25, 0.3) is 0 Å². The van der Waals surface area contributed by atoms with Gasteiger partial charge >= 0.3 is 0 Å². The molecule has 8 heteroatoms. The normalized spacial score (nSPS) is 10.5. The highest BCUT2D eigenvalue weighted by atomic mass is 16.5. The van der Waals surface area contributed by atoms with Crippen LogP contribution in [-0.4, -0.2) is 58.2 Å². The molecule has 2 N–H and O–H groups in total. The SMILES string of the molecule is COc1cc(NC(=O)CCN(C)CC(=O)Nc2ccc(C)cc2)cc(OC)c1OC. The molecule has 0 fully saturated rings. The number of aryl methyl sites for hydroxylation is 1. The van der Waals surface area contributed by atoms with E-state index in [2.05, 4.69) is 10.6 Å².